The molecule has 2 N–H and O–H groups in total. The number of nitrogens with one attached hydrogen (secondary N) is 1. The summed E-state index contributed by atoms with van der Waals surface area (Å²) in [6.45, 7) is 12.3. The van der Waals surface area contributed by atoms with Crippen molar-refractivity contribution in [1.29, 1.82) is 0 Å². The topological polar surface area (TPSA) is 105 Å². The van der Waals surface area contributed by atoms with Gasteiger partial charge < -0.3 is 19.2 Å². The van der Waals surface area contributed by atoms with Gasteiger partial charge in [-0.15, -0.1) is 0 Å². The molecule has 8 nitrogen and oxygen atoms in total. The first-order chi connectivity index (χ1) is 22.1. The fourth-order valence-electron chi connectivity index (χ4n) is 6.41. The molecular formula is C36H51ClN2O6SSi. The normalized spacial score (nSPS) is 26.4. The second-order valence-electron chi connectivity index (χ2n) is 15.0. The molecule has 1 saturated carbocycles. The second kappa shape index (κ2) is 14.6. The molecule has 0 radical (unpaired) electrons. The SMILES string of the molecule is CC(C)(C)[Si](C)(C)OC[C@H]1CC/C=C/[C@H](O)[C@@H]2CC[C@H]2CN2CCCCc3cc(Cl)ccc3COc3ccc(cc32)C(=O)NS1(=O)=O. The number of hydrogen-bond donors (Lipinski definition) is 2. The highest BCUT2D eigenvalue weighted by atomic mass is 35.5. The first-order valence-electron chi connectivity index (χ1n) is 17.0. The highest BCUT2D eigenvalue weighted by Gasteiger charge is 2.40. The first kappa shape index (κ1) is 35.9. The lowest BCUT2D eigenvalue weighted by Gasteiger charge is -2.42. The Morgan fingerprint density at radius 2 is 1.87 bits per heavy atom. The number of carbonyl (C=O) groups excluding carboxylic acids is 1. The second-order valence-corrected chi connectivity index (χ2v) is 22.2. The van der Waals surface area contributed by atoms with Gasteiger partial charge >= 0.3 is 0 Å². The Morgan fingerprint density at radius 1 is 1.09 bits per heavy atom. The molecule has 2 aromatic carbocycles. The van der Waals surface area contributed by atoms with Crippen molar-refractivity contribution < 1.29 is 27.5 Å². The summed E-state index contributed by atoms with van der Waals surface area (Å²) >= 11 is 6.33. The van der Waals surface area contributed by atoms with Gasteiger partial charge in [0, 0.05) is 23.7 Å². The van der Waals surface area contributed by atoms with Gasteiger partial charge in [-0.1, -0.05) is 50.6 Å². The summed E-state index contributed by atoms with van der Waals surface area (Å²) in [7, 11) is -6.35. The van der Waals surface area contributed by atoms with Gasteiger partial charge in [-0.2, -0.15) is 0 Å². The summed E-state index contributed by atoms with van der Waals surface area (Å²) in [6, 6.07) is 11.1. The van der Waals surface area contributed by atoms with E-state index in [-0.39, 0.29) is 35.5 Å². The molecule has 0 saturated heterocycles. The monoisotopic (exact) mass is 702 g/mol. The van der Waals surface area contributed by atoms with E-state index in [4.69, 9.17) is 20.8 Å². The van der Waals surface area contributed by atoms with Gasteiger partial charge in [0.25, 0.3) is 5.91 Å². The van der Waals surface area contributed by atoms with Crippen LogP contribution < -0.4 is 14.4 Å². The number of anilines is 1. The zero-order valence-electron chi connectivity index (χ0n) is 28.4. The number of aliphatic hydroxyl groups excluding tert-OH is 1. The van der Waals surface area contributed by atoms with Crippen LogP contribution in [0.25, 0.3) is 0 Å². The molecule has 2 aliphatic heterocycles. The molecule has 0 aromatic heterocycles. The Kier molecular flexibility index (Phi) is 11.2. The zero-order chi connectivity index (χ0) is 34.0. The van der Waals surface area contributed by atoms with E-state index in [1.165, 1.54) is 5.56 Å². The Morgan fingerprint density at radius 3 is 2.60 bits per heavy atom. The predicted octanol–water partition coefficient (Wildman–Crippen LogP) is 7.25. The molecule has 11 heteroatoms. The summed E-state index contributed by atoms with van der Waals surface area (Å²) in [5.41, 5.74) is 3.24. The summed E-state index contributed by atoms with van der Waals surface area (Å²) in [4.78, 5) is 15.9. The number of aliphatic hydroxyl groups is 1. The van der Waals surface area contributed by atoms with E-state index >= 15 is 0 Å². The molecule has 2 bridgehead atoms. The zero-order valence-corrected chi connectivity index (χ0v) is 31.0. The number of benzene rings is 2. The molecule has 47 heavy (non-hydrogen) atoms. The average molecular weight is 703 g/mol. The highest BCUT2D eigenvalue weighted by Crippen LogP contribution is 2.41. The van der Waals surface area contributed by atoms with Gasteiger partial charge in [-0.05, 0) is 116 Å². The van der Waals surface area contributed by atoms with Crippen LogP contribution in [0.4, 0.5) is 5.69 Å². The van der Waals surface area contributed by atoms with E-state index in [9.17, 15) is 18.3 Å². The number of amides is 1. The van der Waals surface area contributed by atoms with Crippen molar-refractivity contribution in [2.24, 2.45) is 11.8 Å². The summed E-state index contributed by atoms with van der Waals surface area (Å²) in [5, 5.41) is 10.9. The van der Waals surface area contributed by atoms with Crippen LogP contribution in [-0.4, -0.2) is 58.8 Å². The number of sulfonamides is 1. The fourth-order valence-corrected chi connectivity index (χ4v) is 9.01. The molecule has 5 rings (SSSR count). The maximum absolute atomic E-state index is 13.8. The standard InChI is InChI=1S/C36H51ClN2O6SSi/c1-36(2,3)47(4,5)45-24-30-11-6-7-12-33(40)31-17-14-27(31)22-39-19-9-8-10-25-20-29(37)16-13-28(25)23-44-34-18-15-26(21-32(34)39)35(41)38-46(30,42)43/h7,12-13,15-16,18,20-21,27,30-31,33,40H,6,8-11,14,17,19,22-24H2,1-5H3,(H,38,41)/b12-7+/t27-,30+,31+,33-/m0/s1. The quantitative estimate of drug-likeness (QED) is 0.257. The van der Waals surface area contributed by atoms with Crippen molar-refractivity contribution in [3.05, 3.63) is 70.3 Å². The predicted molar refractivity (Wildman–Crippen MR) is 191 cm³/mol. The number of rotatable bonds is 3. The van der Waals surface area contributed by atoms with Crippen LogP contribution in [0.5, 0.6) is 5.75 Å². The number of hydrogen-bond acceptors (Lipinski definition) is 7. The maximum Gasteiger partial charge on any atom is 0.264 e. The summed E-state index contributed by atoms with van der Waals surface area (Å²) in [5.74, 6) is 0.352. The molecule has 4 atom stereocenters. The van der Waals surface area contributed by atoms with Crippen LogP contribution in [0.1, 0.15) is 80.8 Å². The van der Waals surface area contributed by atoms with E-state index in [1.54, 1.807) is 18.2 Å². The third-order valence-corrected chi connectivity index (χ3v) is 17.2. The number of halogens is 1. The van der Waals surface area contributed by atoms with E-state index < -0.39 is 35.6 Å². The lowest BCUT2D eigenvalue weighted by Crippen LogP contribution is -2.46. The van der Waals surface area contributed by atoms with Crippen LogP contribution in [0, 0.1) is 11.8 Å². The van der Waals surface area contributed by atoms with Gasteiger partial charge in [-0.3, -0.25) is 4.79 Å². The molecule has 2 heterocycles. The molecule has 1 aliphatic carbocycles. The van der Waals surface area contributed by atoms with Crippen LogP contribution in [0.15, 0.2) is 48.6 Å². The highest BCUT2D eigenvalue weighted by molar-refractivity contribution is 7.90. The number of carbonyl (C=O) groups is 1. The van der Waals surface area contributed by atoms with Crippen molar-refractivity contribution in [1.82, 2.24) is 4.72 Å². The minimum absolute atomic E-state index is 0.00130. The summed E-state index contributed by atoms with van der Waals surface area (Å²) in [6.07, 6.45) is 8.51. The Balaban J connectivity index is 1.50. The van der Waals surface area contributed by atoms with Gasteiger partial charge in [0.1, 0.15) is 17.6 Å². The molecule has 3 aliphatic rings. The number of nitrogens with zero attached hydrogens (tertiary/aromatic N) is 1. The first-order valence-corrected chi connectivity index (χ1v) is 21.8. The third kappa shape index (κ3) is 8.62. The summed E-state index contributed by atoms with van der Waals surface area (Å²) < 4.78 is 42.7. The number of allylic oxidation sites excluding steroid dienone is 1. The van der Waals surface area contributed by atoms with Crippen LogP contribution >= 0.6 is 11.6 Å². The van der Waals surface area contributed by atoms with Crippen molar-refractivity contribution in [2.45, 2.75) is 102 Å². The van der Waals surface area contributed by atoms with Gasteiger partial charge in [0.15, 0.2) is 8.32 Å². The molecule has 258 valence electrons. The number of ether oxygens (including phenoxy) is 1. The third-order valence-electron chi connectivity index (χ3n) is 10.7. The van der Waals surface area contributed by atoms with E-state index in [2.05, 4.69) is 43.5 Å². The van der Waals surface area contributed by atoms with E-state index in [1.807, 2.05) is 30.4 Å². The van der Waals surface area contributed by atoms with Crippen molar-refractivity contribution in [2.75, 3.05) is 24.6 Å². The van der Waals surface area contributed by atoms with Crippen molar-refractivity contribution in [3.8, 4) is 5.75 Å². The Hall–Kier alpha value is -2.37. The molecule has 2 aromatic rings. The molecule has 0 spiro atoms. The largest absolute Gasteiger partial charge is 0.487 e. The minimum Gasteiger partial charge on any atom is -0.487 e. The minimum atomic E-state index is -4.09. The average Bonchev–Trinajstić information content (AvgIpc) is 3.00. The van der Waals surface area contributed by atoms with Crippen LogP contribution in [-0.2, 0) is 27.5 Å². The Bertz CT molecular complexity index is 1570. The van der Waals surface area contributed by atoms with Crippen LogP contribution in [0.2, 0.25) is 23.2 Å². The Labute approximate surface area is 287 Å². The van der Waals surface area contributed by atoms with Crippen molar-refractivity contribution >= 4 is 41.5 Å². The van der Waals surface area contributed by atoms with E-state index in [0.717, 1.165) is 49.9 Å². The molecular weight excluding hydrogens is 652 g/mol. The molecule has 0 unspecified atom stereocenters. The van der Waals surface area contributed by atoms with Gasteiger partial charge in [0.2, 0.25) is 10.0 Å². The smallest absolute Gasteiger partial charge is 0.264 e. The maximum atomic E-state index is 13.8. The van der Waals surface area contributed by atoms with Crippen LogP contribution in [0.3, 0.4) is 0 Å². The van der Waals surface area contributed by atoms with E-state index in [0.29, 0.717) is 30.3 Å². The molecule has 1 amide bonds. The lowest BCUT2D eigenvalue weighted by atomic mass is 9.70. The number of aryl methyl sites for hydroxylation is 1. The number of fused-ring (bicyclic) bond motifs is 3. The lowest BCUT2D eigenvalue weighted by molar-refractivity contribution is 0.0461. The fraction of sp³-hybridized carbons (Fsp3) is 0.583. The van der Waals surface area contributed by atoms with Gasteiger partial charge in [-0.25, -0.2) is 13.1 Å². The molecule has 1 fully saturated rings. The van der Waals surface area contributed by atoms with Crippen molar-refractivity contribution in [3.63, 3.8) is 0 Å². The van der Waals surface area contributed by atoms with Gasteiger partial charge in [0.05, 0.1) is 18.4 Å².